The molecule has 0 saturated heterocycles. The van der Waals surface area contributed by atoms with Crippen LogP contribution in [0.4, 0.5) is 0 Å². The van der Waals surface area contributed by atoms with Crippen molar-refractivity contribution in [2.45, 2.75) is 109 Å². The molecule has 260 valence electrons. The van der Waals surface area contributed by atoms with Gasteiger partial charge < -0.3 is 18.4 Å². The van der Waals surface area contributed by atoms with Crippen LogP contribution in [0.25, 0.3) is 0 Å². The molecule has 0 bridgehead atoms. The molecule has 5 nitrogen and oxygen atoms in total. The van der Waals surface area contributed by atoms with Gasteiger partial charge in [-0.2, -0.15) is 0 Å². The second-order valence-corrected chi connectivity index (χ2v) is 26.0. The largest absolute Gasteiger partial charge is 0.466 e. The van der Waals surface area contributed by atoms with Gasteiger partial charge >= 0.3 is 5.97 Å². The van der Waals surface area contributed by atoms with Crippen LogP contribution in [0.5, 0.6) is 0 Å². The summed E-state index contributed by atoms with van der Waals surface area (Å²) in [6.45, 7) is 19.1. The number of aldehydes is 1. The number of allylic oxidation sites excluding steroid dienone is 2. The summed E-state index contributed by atoms with van der Waals surface area (Å²) in [5.41, 5.74) is 1.76. The fourth-order valence-electron chi connectivity index (χ4n) is 8.93. The van der Waals surface area contributed by atoms with Gasteiger partial charge in [-0.15, -0.1) is 0 Å². The third-order valence-electron chi connectivity index (χ3n) is 12.2. The van der Waals surface area contributed by atoms with Crippen molar-refractivity contribution < 1.29 is 23.2 Å². The van der Waals surface area contributed by atoms with Crippen molar-refractivity contribution in [3.05, 3.63) is 84.0 Å². The Balaban J connectivity index is 1.63. The Kier molecular flexibility index (Phi) is 10.7. The predicted molar refractivity (Wildman–Crippen MR) is 200 cm³/mol. The lowest BCUT2D eigenvalue weighted by Crippen LogP contribution is -2.67. The molecule has 0 heterocycles. The van der Waals surface area contributed by atoms with Gasteiger partial charge in [-0.25, -0.2) is 4.79 Å². The molecule has 48 heavy (non-hydrogen) atoms. The van der Waals surface area contributed by atoms with E-state index in [1.54, 1.807) is 0 Å². The Morgan fingerprint density at radius 3 is 2.06 bits per heavy atom. The SMILES string of the molecule is COC(=O)C1=C[C@@]2(C(CCC=O)O[Si](C)(C)C(C)(C)C)C[C@@H](CO[Si](c3ccccc3)(c3ccccc3)C(C)(C)C)[C@H]3CC=C(CC1)[C@H]32. The second-order valence-electron chi connectivity index (χ2n) is 17.0. The summed E-state index contributed by atoms with van der Waals surface area (Å²) in [7, 11) is -3.53. The Morgan fingerprint density at radius 1 is 0.938 bits per heavy atom. The van der Waals surface area contributed by atoms with Gasteiger partial charge in [-0.1, -0.05) is 120 Å². The number of rotatable bonds is 12. The van der Waals surface area contributed by atoms with E-state index >= 15 is 0 Å². The van der Waals surface area contributed by atoms with Crippen LogP contribution in [-0.2, 0) is 23.2 Å². The molecule has 5 atom stereocenters. The average Bonchev–Trinajstić information content (AvgIpc) is 3.55. The van der Waals surface area contributed by atoms with Gasteiger partial charge in [0.25, 0.3) is 8.32 Å². The van der Waals surface area contributed by atoms with Gasteiger partial charge in [0, 0.05) is 24.0 Å². The normalized spacial score (nSPS) is 25.1. The van der Waals surface area contributed by atoms with Gasteiger partial charge in [0.1, 0.15) is 6.29 Å². The van der Waals surface area contributed by atoms with Crippen molar-refractivity contribution in [3.8, 4) is 0 Å². The van der Waals surface area contributed by atoms with Crippen LogP contribution in [0.2, 0.25) is 23.2 Å². The van der Waals surface area contributed by atoms with Crippen molar-refractivity contribution >= 4 is 39.3 Å². The molecule has 0 aliphatic heterocycles. The minimum Gasteiger partial charge on any atom is -0.466 e. The van der Waals surface area contributed by atoms with Crippen LogP contribution in [0, 0.1) is 23.2 Å². The van der Waals surface area contributed by atoms with Gasteiger partial charge in [0.05, 0.1) is 13.2 Å². The summed E-state index contributed by atoms with van der Waals surface area (Å²) < 4.78 is 20.4. The molecule has 0 radical (unpaired) electrons. The van der Waals surface area contributed by atoms with Crippen molar-refractivity contribution in [2.24, 2.45) is 23.2 Å². The quantitative estimate of drug-likeness (QED) is 0.0972. The van der Waals surface area contributed by atoms with Crippen molar-refractivity contribution in [1.82, 2.24) is 0 Å². The molecule has 0 aromatic heterocycles. The molecule has 2 aromatic carbocycles. The first-order chi connectivity index (χ1) is 22.6. The van der Waals surface area contributed by atoms with Crippen molar-refractivity contribution in [1.29, 1.82) is 0 Å². The summed E-state index contributed by atoms with van der Waals surface area (Å²) >= 11 is 0. The highest BCUT2D eigenvalue weighted by atomic mass is 28.4. The molecule has 0 spiro atoms. The van der Waals surface area contributed by atoms with Gasteiger partial charge in [0.15, 0.2) is 8.32 Å². The van der Waals surface area contributed by atoms with E-state index in [1.807, 2.05) is 0 Å². The second kappa shape index (κ2) is 14.0. The minimum atomic E-state index is -2.75. The highest BCUT2D eigenvalue weighted by molar-refractivity contribution is 6.99. The van der Waals surface area contributed by atoms with E-state index in [4.69, 9.17) is 13.6 Å². The third kappa shape index (κ3) is 6.64. The maximum absolute atomic E-state index is 13.3. The highest BCUT2D eigenvalue weighted by Crippen LogP contribution is 2.64. The molecule has 5 rings (SSSR count). The number of ether oxygens (including phenoxy) is 1. The Morgan fingerprint density at radius 2 is 1.54 bits per heavy atom. The number of carbonyl (C=O) groups excluding carboxylic acids is 2. The molecule has 1 saturated carbocycles. The zero-order chi connectivity index (χ0) is 35.0. The number of carbonyl (C=O) groups is 2. The minimum absolute atomic E-state index is 0.000827. The number of hydrogen-bond acceptors (Lipinski definition) is 5. The van der Waals surface area contributed by atoms with Crippen LogP contribution in [-0.4, -0.2) is 48.7 Å². The lowest BCUT2D eigenvalue weighted by Gasteiger charge is -2.47. The standard InChI is InChI=1S/C41H58O5Si2/c1-39(2,3)47(8,9)46-36(21-16-26-42)41-27-31(38(43)44-7)23-22-30-24-25-35(37(30)41)32(28-41)29-45-48(40(4,5)6,33-17-12-10-13-18-33)34-19-14-11-15-20-34/h10-15,17-20,24,26-27,32,35-37H,16,21-23,25,28-29H2,1-9H3/t32-,35+,36?,37+,41-/m0/s1. The zero-order valence-electron chi connectivity index (χ0n) is 30.8. The molecule has 7 heteroatoms. The van der Waals surface area contributed by atoms with Crippen LogP contribution >= 0.6 is 0 Å². The molecular weight excluding hydrogens is 629 g/mol. The fraction of sp³-hybridized carbons (Fsp3) is 0.561. The van der Waals surface area contributed by atoms with Gasteiger partial charge in [0.2, 0.25) is 0 Å². The van der Waals surface area contributed by atoms with Crippen molar-refractivity contribution in [3.63, 3.8) is 0 Å². The molecule has 1 fully saturated rings. The van der Waals surface area contributed by atoms with E-state index in [9.17, 15) is 9.59 Å². The van der Waals surface area contributed by atoms with E-state index in [-0.39, 0.29) is 34.0 Å². The number of benzene rings is 2. The maximum atomic E-state index is 13.3. The first-order valence-electron chi connectivity index (χ1n) is 18.0. The molecule has 3 aliphatic rings. The first-order valence-corrected chi connectivity index (χ1v) is 22.8. The van der Waals surface area contributed by atoms with Gasteiger partial charge in [-0.3, -0.25) is 0 Å². The molecule has 1 unspecified atom stereocenters. The third-order valence-corrected chi connectivity index (χ3v) is 21.7. The topological polar surface area (TPSA) is 61.8 Å². The molecule has 2 aromatic rings. The Bertz CT molecular complexity index is 1460. The summed E-state index contributed by atoms with van der Waals surface area (Å²) in [6.07, 6.45) is 10.0. The maximum Gasteiger partial charge on any atom is 0.333 e. The Hall–Kier alpha value is -2.59. The predicted octanol–water partition coefficient (Wildman–Crippen LogP) is 8.39. The number of hydrogen-bond donors (Lipinski definition) is 0. The summed E-state index contributed by atoms with van der Waals surface area (Å²) in [6, 6.07) is 21.8. The van der Waals surface area contributed by atoms with E-state index in [0.717, 1.165) is 31.1 Å². The van der Waals surface area contributed by atoms with Crippen LogP contribution in [0.1, 0.15) is 80.1 Å². The average molecular weight is 687 g/mol. The summed E-state index contributed by atoms with van der Waals surface area (Å²) in [5, 5.41) is 2.45. The summed E-state index contributed by atoms with van der Waals surface area (Å²) in [5.74, 6) is 0.641. The number of methoxy groups -OCH3 is 1. The molecule has 3 aliphatic carbocycles. The monoisotopic (exact) mass is 686 g/mol. The fourth-order valence-corrected chi connectivity index (χ4v) is 15.0. The zero-order valence-corrected chi connectivity index (χ0v) is 32.8. The van der Waals surface area contributed by atoms with E-state index in [0.29, 0.717) is 31.8 Å². The van der Waals surface area contributed by atoms with Crippen LogP contribution in [0.3, 0.4) is 0 Å². The smallest absolute Gasteiger partial charge is 0.333 e. The highest BCUT2D eigenvalue weighted by Gasteiger charge is 2.61. The van der Waals surface area contributed by atoms with E-state index in [1.165, 1.54) is 23.1 Å². The van der Waals surface area contributed by atoms with Crippen LogP contribution < -0.4 is 10.4 Å². The van der Waals surface area contributed by atoms with E-state index < -0.39 is 22.0 Å². The lowest BCUT2D eigenvalue weighted by molar-refractivity contribution is -0.136. The van der Waals surface area contributed by atoms with Crippen molar-refractivity contribution in [2.75, 3.05) is 13.7 Å². The van der Waals surface area contributed by atoms with Crippen LogP contribution in [0.15, 0.2) is 84.0 Å². The Labute approximate surface area is 291 Å². The molecule has 0 amide bonds. The summed E-state index contributed by atoms with van der Waals surface area (Å²) in [4.78, 5) is 25.2. The lowest BCUT2D eigenvalue weighted by atomic mass is 9.68. The molecular formula is C41H58O5Si2. The van der Waals surface area contributed by atoms with E-state index in [2.05, 4.69) is 127 Å². The van der Waals surface area contributed by atoms with Gasteiger partial charge in [-0.05, 0) is 83.4 Å². The molecule has 0 N–H and O–H groups in total. The first kappa shape index (κ1) is 36.7. The number of esters is 1.